The topological polar surface area (TPSA) is 112 Å². The largest absolute Gasteiger partial charge is 0.507 e. The third kappa shape index (κ3) is 7.91. The number of thiol groups is 2. The second kappa shape index (κ2) is 14.4. The van der Waals surface area contributed by atoms with Gasteiger partial charge in [0.15, 0.2) is 4.80 Å². The first-order valence-electron chi connectivity index (χ1n) is 10.7. The van der Waals surface area contributed by atoms with E-state index in [0.717, 1.165) is 17.3 Å². The lowest BCUT2D eigenvalue weighted by atomic mass is 10.1. The van der Waals surface area contributed by atoms with E-state index in [9.17, 15) is 18.5 Å². The molecule has 0 fully saturated rings. The molecule has 3 aromatic carbocycles. The lowest BCUT2D eigenvalue weighted by Crippen LogP contribution is -2.18. The van der Waals surface area contributed by atoms with Crippen LogP contribution in [0.4, 0.5) is 14.5 Å². The molecule has 1 heterocycles. The van der Waals surface area contributed by atoms with Gasteiger partial charge in [0.25, 0.3) is 0 Å². The molecule has 3 N–H and O–H groups in total. The number of nitrogens with zero attached hydrogens (tertiary/aromatic N) is 2. The van der Waals surface area contributed by atoms with Crippen molar-refractivity contribution in [2.45, 2.75) is 17.1 Å². The smallest absolute Gasteiger partial charge is 0.399 e. The Kier molecular flexibility index (Phi) is 12.2. The van der Waals surface area contributed by atoms with E-state index in [-0.39, 0.29) is 16.8 Å². The SMILES string of the molecule is C=O.CS.O=P(O)(O)C(F)(F)c1ccc(Cn2c(-c3ccccc3)csc2=Nc2ccc(O)c(S)c2)cc1Br. The van der Waals surface area contributed by atoms with Crippen molar-refractivity contribution in [1.82, 2.24) is 4.57 Å². The highest BCUT2D eigenvalue weighted by atomic mass is 79.9. The van der Waals surface area contributed by atoms with Crippen LogP contribution in [0.3, 0.4) is 0 Å². The van der Waals surface area contributed by atoms with Gasteiger partial charge in [-0.2, -0.15) is 21.4 Å². The van der Waals surface area contributed by atoms with Crippen LogP contribution in [0.1, 0.15) is 11.1 Å². The zero-order valence-electron chi connectivity index (χ0n) is 20.3. The molecule has 0 unspecified atom stereocenters. The molecular weight excluding hydrogens is 653 g/mol. The Morgan fingerprint density at radius 1 is 1.08 bits per heavy atom. The van der Waals surface area contributed by atoms with E-state index in [1.165, 1.54) is 29.5 Å². The lowest BCUT2D eigenvalue weighted by Gasteiger charge is -2.20. The molecule has 39 heavy (non-hydrogen) atoms. The Balaban J connectivity index is 0.00000127. The number of aromatic hydroxyl groups is 1. The Labute approximate surface area is 247 Å². The molecule has 0 atom stereocenters. The van der Waals surface area contributed by atoms with Crippen molar-refractivity contribution in [1.29, 1.82) is 0 Å². The average molecular weight is 678 g/mol. The van der Waals surface area contributed by atoms with E-state index < -0.39 is 18.8 Å². The summed E-state index contributed by atoms with van der Waals surface area (Å²) in [4.78, 5) is 31.8. The maximum absolute atomic E-state index is 14.2. The van der Waals surface area contributed by atoms with Crippen molar-refractivity contribution < 1.29 is 33.0 Å². The molecule has 1 aromatic heterocycles. The molecule has 208 valence electrons. The predicted molar refractivity (Wildman–Crippen MR) is 160 cm³/mol. The maximum Gasteiger partial charge on any atom is 0.399 e. The van der Waals surface area contributed by atoms with Crippen LogP contribution in [0.5, 0.6) is 5.75 Å². The molecule has 0 bridgehead atoms. The summed E-state index contributed by atoms with van der Waals surface area (Å²) < 4.78 is 41.6. The first-order valence-corrected chi connectivity index (χ1v) is 15.4. The Morgan fingerprint density at radius 3 is 2.28 bits per heavy atom. The van der Waals surface area contributed by atoms with Gasteiger partial charge in [0.05, 0.1) is 17.9 Å². The van der Waals surface area contributed by atoms with E-state index in [1.54, 1.807) is 18.4 Å². The number of carbonyl (C=O) groups excluding carboxylic acids is 1. The average Bonchev–Trinajstić information content (AvgIpc) is 3.30. The van der Waals surface area contributed by atoms with Crippen molar-refractivity contribution in [3.63, 3.8) is 0 Å². The van der Waals surface area contributed by atoms with E-state index in [0.29, 0.717) is 20.9 Å². The fourth-order valence-electron chi connectivity index (χ4n) is 3.34. The van der Waals surface area contributed by atoms with Gasteiger partial charge in [0.1, 0.15) is 12.5 Å². The first-order chi connectivity index (χ1) is 18.5. The fraction of sp³-hybridized carbons (Fsp3) is 0.120. The van der Waals surface area contributed by atoms with Gasteiger partial charge >= 0.3 is 13.3 Å². The third-order valence-corrected chi connectivity index (χ3v) is 7.97. The summed E-state index contributed by atoms with van der Waals surface area (Å²) in [5, 5.41) is 11.7. The molecular formula is C25H24BrF2N2O5PS3. The molecule has 0 spiro atoms. The maximum atomic E-state index is 14.2. The van der Waals surface area contributed by atoms with Crippen molar-refractivity contribution in [2.75, 3.05) is 6.26 Å². The van der Waals surface area contributed by atoms with E-state index in [1.807, 2.05) is 47.1 Å². The number of hydrogen-bond acceptors (Lipinski definition) is 7. The van der Waals surface area contributed by atoms with Crippen LogP contribution in [-0.4, -0.2) is 32.5 Å². The zero-order chi connectivity index (χ0) is 29.4. The van der Waals surface area contributed by atoms with Gasteiger partial charge in [-0.05, 0) is 41.6 Å². The second-order valence-electron chi connectivity index (χ2n) is 7.54. The number of alkyl halides is 2. The summed E-state index contributed by atoms with van der Waals surface area (Å²) in [6.07, 6.45) is 1.69. The van der Waals surface area contributed by atoms with Crippen molar-refractivity contribution in [3.05, 3.63) is 92.5 Å². The Hall–Kier alpha value is -2.25. The summed E-state index contributed by atoms with van der Waals surface area (Å²) in [7, 11) is -5.70. The quantitative estimate of drug-likeness (QED) is 0.113. The van der Waals surface area contributed by atoms with Crippen LogP contribution >= 0.6 is 60.1 Å². The highest BCUT2D eigenvalue weighted by Gasteiger charge is 2.51. The van der Waals surface area contributed by atoms with Crippen LogP contribution in [0.25, 0.3) is 11.3 Å². The monoisotopic (exact) mass is 676 g/mol. The van der Waals surface area contributed by atoms with Gasteiger partial charge in [0.2, 0.25) is 0 Å². The number of rotatable bonds is 6. The van der Waals surface area contributed by atoms with Gasteiger partial charge < -0.3 is 24.3 Å². The normalized spacial score (nSPS) is 11.7. The number of aromatic nitrogens is 1. The number of halogens is 3. The van der Waals surface area contributed by atoms with Crippen molar-refractivity contribution in [2.24, 2.45) is 4.99 Å². The molecule has 14 heteroatoms. The number of phenolic OH excluding ortho intramolecular Hbond substituents is 1. The van der Waals surface area contributed by atoms with Crippen LogP contribution in [-0.2, 0) is 21.6 Å². The van der Waals surface area contributed by atoms with Crippen LogP contribution < -0.4 is 4.80 Å². The Morgan fingerprint density at radius 2 is 1.72 bits per heavy atom. The summed E-state index contributed by atoms with van der Waals surface area (Å²) in [6, 6.07) is 18.2. The van der Waals surface area contributed by atoms with Gasteiger partial charge in [-0.1, -0.05) is 58.4 Å². The molecule has 7 nitrogen and oxygen atoms in total. The molecule has 4 aromatic rings. The molecule has 4 rings (SSSR count). The second-order valence-corrected chi connectivity index (χ2v) is 11.4. The fourth-order valence-corrected chi connectivity index (χ4v) is 5.82. The number of hydrogen-bond donors (Lipinski definition) is 5. The minimum Gasteiger partial charge on any atom is -0.507 e. The summed E-state index contributed by atoms with van der Waals surface area (Å²) >= 11 is 12.2. The van der Waals surface area contributed by atoms with Gasteiger partial charge in [0, 0.05) is 20.3 Å². The van der Waals surface area contributed by atoms with Gasteiger partial charge in [-0.3, -0.25) is 4.57 Å². The van der Waals surface area contributed by atoms with E-state index in [2.05, 4.69) is 46.2 Å². The lowest BCUT2D eigenvalue weighted by molar-refractivity contribution is -0.0980. The Bertz CT molecular complexity index is 1530. The number of thiazole rings is 1. The number of benzene rings is 3. The first kappa shape index (κ1) is 33.0. The van der Waals surface area contributed by atoms with Gasteiger partial charge in [-0.25, -0.2) is 4.99 Å². The zero-order valence-corrected chi connectivity index (χ0v) is 25.4. The van der Waals surface area contributed by atoms with E-state index >= 15 is 0 Å². The third-order valence-electron chi connectivity index (χ3n) is 5.12. The standard InChI is InChI=1S/C23H18BrF2N2O4PS2.CH2O.CH4S/c24-18-10-14(6-8-17(18)23(25,26)33(30,31)32)12-28-19(15-4-2-1-3-5-15)13-35-22(28)27-16-7-9-20(29)21(34)11-16;2*1-2/h1-11,13,29,34H,12H2,(H2,30,31,32);1H2;2H,1H3. The molecule has 0 aliphatic carbocycles. The molecule has 0 saturated heterocycles. The summed E-state index contributed by atoms with van der Waals surface area (Å²) in [5.74, 6) is 0.0355. The highest BCUT2D eigenvalue weighted by Crippen LogP contribution is 2.60. The summed E-state index contributed by atoms with van der Waals surface area (Å²) in [5.41, 5.74) is -2.16. The molecule has 0 saturated carbocycles. The minimum atomic E-state index is -5.70. The van der Waals surface area contributed by atoms with Crippen LogP contribution in [0, 0.1) is 0 Å². The predicted octanol–water partition coefficient (Wildman–Crippen LogP) is 6.84. The van der Waals surface area contributed by atoms with Crippen LogP contribution in [0.2, 0.25) is 0 Å². The molecule has 0 radical (unpaired) electrons. The van der Waals surface area contributed by atoms with E-state index in [4.69, 9.17) is 14.6 Å². The minimum absolute atomic E-state index is 0.0355. The highest BCUT2D eigenvalue weighted by molar-refractivity contribution is 9.10. The molecule has 0 amide bonds. The van der Waals surface area contributed by atoms with Gasteiger partial charge in [-0.15, -0.1) is 24.0 Å². The molecule has 0 aliphatic heterocycles. The summed E-state index contributed by atoms with van der Waals surface area (Å²) in [6.45, 7) is 2.25. The molecule has 0 aliphatic rings. The van der Waals surface area contributed by atoms with Crippen molar-refractivity contribution in [3.8, 4) is 17.0 Å². The van der Waals surface area contributed by atoms with Crippen molar-refractivity contribution >= 4 is 72.6 Å². The number of carbonyl (C=O) groups is 1. The number of phenols is 1. The van der Waals surface area contributed by atoms with Crippen LogP contribution in [0.15, 0.2) is 86.5 Å².